The van der Waals surface area contributed by atoms with E-state index in [2.05, 4.69) is 89.0 Å². The smallest absolute Gasteiger partial charge is 0.0460 e. The Hall–Kier alpha value is -2.02. The van der Waals surface area contributed by atoms with Crippen LogP contribution in [0.3, 0.4) is 0 Å². The highest BCUT2D eigenvalue weighted by molar-refractivity contribution is 5.85. The molecule has 0 saturated carbocycles. The van der Waals surface area contributed by atoms with Gasteiger partial charge in [0.2, 0.25) is 0 Å². The van der Waals surface area contributed by atoms with Crippen LogP contribution in [0.25, 0.3) is 22.0 Å². The third kappa shape index (κ3) is 3.19. The SMILES string of the molecule is CC(C)(C)c1cc(-c2ccc3cc[nH]c3c2)cc(C(C)(C)C)c1. The van der Waals surface area contributed by atoms with E-state index in [-0.39, 0.29) is 10.8 Å². The lowest BCUT2D eigenvalue weighted by atomic mass is 9.79. The van der Waals surface area contributed by atoms with E-state index in [1.165, 1.54) is 33.2 Å². The van der Waals surface area contributed by atoms with Crippen LogP contribution in [0, 0.1) is 0 Å². The summed E-state index contributed by atoms with van der Waals surface area (Å²) < 4.78 is 0. The molecular formula is C22H27N. The van der Waals surface area contributed by atoms with Crippen molar-refractivity contribution in [3.05, 3.63) is 59.8 Å². The number of hydrogen-bond acceptors (Lipinski definition) is 0. The zero-order chi connectivity index (χ0) is 16.8. The van der Waals surface area contributed by atoms with Gasteiger partial charge < -0.3 is 4.98 Å². The van der Waals surface area contributed by atoms with Gasteiger partial charge in [0.1, 0.15) is 0 Å². The Labute approximate surface area is 139 Å². The average Bonchev–Trinajstić information content (AvgIpc) is 2.92. The number of aromatic amines is 1. The predicted molar refractivity (Wildman–Crippen MR) is 101 cm³/mol. The van der Waals surface area contributed by atoms with E-state index in [9.17, 15) is 0 Å². The minimum Gasteiger partial charge on any atom is -0.361 e. The van der Waals surface area contributed by atoms with Gasteiger partial charge in [0.05, 0.1) is 0 Å². The number of H-pyrrole nitrogens is 1. The molecule has 0 atom stereocenters. The lowest BCUT2D eigenvalue weighted by molar-refractivity contribution is 0.569. The Kier molecular flexibility index (Phi) is 3.63. The van der Waals surface area contributed by atoms with Gasteiger partial charge in [0, 0.05) is 11.7 Å². The van der Waals surface area contributed by atoms with Crippen molar-refractivity contribution in [1.82, 2.24) is 4.98 Å². The Balaban J connectivity index is 2.21. The number of nitrogens with one attached hydrogen (secondary N) is 1. The van der Waals surface area contributed by atoms with Crippen molar-refractivity contribution < 1.29 is 0 Å². The van der Waals surface area contributed by atoms with Crippen LogP contribution in [0.5, 0.6) is 0 Å². The van der Waals surface area contributed by atoms with Gasteiger partial charge >= 0.3 is 0 Å². The van der Waals surface area contributed by atoms with Gasteiger partial charge in [0.15, 0.2) is 0 Å². The summed E-state index contributed by atoms with van der Waals surface area (Å²) in [5, 5.41) is 1.26. The van der Waals surface area contributed by atoms with Gasteiger partial charge in [-0.1, -0.05) is 71.9 Å². The number of aromatic nitrogens is 1. The molecule has 1 heteroatoms. The summed E-state index contributed by atoms with van der Waals surface area (Å²) in [5.41, 5.74) is 6.86. The first-order chi connectivity index (χ1) is 10.6. The maximum atomic E-state index is 3.32. The van der Waals surface area contributed by atoms with E-state index in [4.69, 9.17) is 0 Å². The van der Waals surface area contributed by atoms with E-state index in [1.807, 2.05) is 6.20 Å². The van der Waals surface area contributed by atoms with Crippen LogP contribution in [0.2, 0.25) is 0 Å². The number of benzene rings is 2. The summed E-state index contributed by atoms with van der Waals surface area (Å²) in [6, 6.07) is 15.9. The quantitative estimate of drug-likeness (QED) is 0.533. The van der Waals surface area contributed by atoms with Gasteiger partial charge in [-0.05, 0) is 50.6 Å². The molecule has 3 aromatic rings. The molecule has 0 aliphatic rings. The predicted octanol–water partition coefficient (Wildman–Crippen LogP) is 6.43. The second-order valence-corrected chi connectivity index (χ2v) is 8.58. The molecule has 0 unspecified atom stereocenters. The topological polar surface area (TPSA) is 15.8 Å². The molecule has 0 amide bonds. The van der Waals surface area contributed by atoms with Crippen molar-refractivity contribution in [2.75, 3.05) is 0 Å². The molecule has 3 rings (SSSR count). The van der Waals surface area contributed by atoms with E-state index in [0.29, 0.717) is 0 Å². The molecule has 0 bridgehead atoms. The summed E-state index contributed by atoms with van der Waals surface area (Å²) in [6.07, 6.45) is 2.00. The van der Waals surface area contributed by atoms with E-state index < -0.39 is 0 Å². The van der Waals surface area contributed by atoms with Crippen molar-refractivity contribution in [3.63, 3.8) is 0 Å². The highest BCUT2D eigenvalue weighted by atomic mass is 14.7. The fraction of sp³-hybridized carbons (Fsp3) is 0.364. The molecule has 1 aromatic heterocycles. The molecule has 23 heavy (non-hydrogen) atoms. The third-order valence-corrected chi connectivity index (χ3v) is 4.55. The number of rotatable bonds is 1. The molecule has 120 valence electrons. The summed E-state index contributed by atoms with van der Waals surface area (Å²) in [6.45, 7) is 13.7. The van der Waals surface area contributed by atoms with Crippen molar-refractivity contribution in [3.8, 4) is 11.1 Å². The first-order valence-electron chi connectivity index (χ1n) is 8.38. The monoisotopic (exact) mass is 305 g/mol. The van der Waals surface area contributed by atoms with Gasteiger partial charge in [-0.2, -0.15) is 0 Å². The Morgan fingerprint density at radius 3 is 1.83 bits per heavy atom. The molecule has 1 N–H and O–H groups in total. The molecular weight excluding hydrogens is 278 g/mol. The van der Waals surface area contributed by atoms with Crippen molar-refractivity contribution in [1.29, 1.82) is 0 Å². The Morgan fingerprint density at radius 1 is 0.652 bits per heavy atom. The zero-order valence-electron chi connectivity index (χ0n) is 15.1. The maximum absolute atomic E-state index is 3.32. The standard InChI is InChI=1S/C22H27N/c1-21(2,3)18-11-17(12-19(14-18)22(4,5)6)16-8-7-15-9-10-23-20(15)13-16/h7-14,23H,1-6H3. The Morgan fingerprint density at radius 2 is 1.26 bits per heavy atom. The second kappa shape index (κ2) is 5.26. The molecule has 0 aliphatic carbocycles. The summed E-state index contributed by atoms with van der Waals surface area (Å²) in [4.78, 5) is 3.32. The van der Waals surface area contributed by atoms with Crippen LogP contribution in [0.4, 0.5) is 0 Å². The second-order valence-electron chi connectivity index (χ2n) is 8.58. The summed E-state index contributed by atoms with van der Waals surface area (Å²) >= 11 is 0. The van der Waals surface area contributed by atoms with Crippen LogP contribution >= 0.6 is 0 Å². The highest BCUT2D eigenvalue weighted by Gasteiger charge is 2.20. The van der Waals surface area contributed by atoms with Crippen LogP contribution in [0.1, 0.15) is 52.7 Å². The zero-order valence-corrected chi connectivity index (χ0v) is 15.1. The Bertz CT molecular complexity index is 806. The fourth-order valence-corrected chi connectivity index (χ4v) is 2.89. The van der Waals surface area contributed by atoms with Crippen molar-refractivity contribution in [2.45, 2.75) is 52.4 Å². The normalized spacial score (nSPS) is 12.8. The summed E-state index contributed by atoms with van der Waals surface area (Å²) in [7, 11) is 0. The lowest BCUT2D eigenvalue weighted by Gasteiger charge is -2.26. The van der Waals surface area contributed by atoms with Crippen LogP contribution < -0.4 is 0 Å². The molecule has 1 nitrogen and oxygen atoms in total. The first-order valence-corrected chi connectivity index (χ1v) is 8.38. The minimum absolute atomic E-state index is 0.145. The summed E-state index contributed by atoms with van der Waals surface area (Å²) in [5.74, 6) is 0. The minimum atomic E-state index is 0.145. The molecule has 0 saturated heterocycles. The molecule has 2 aromatic carbocycles. The molecule has 0 radical (unpaired) electrons. The van der Waals surface area contributed by atoms with Crippen LogP contribution in [-0.4, -0.2) is 4.98 Å². The van der Waals surface area contributed by atoms with Crippen molar-refractivity contribution in [2.24, 2.45) is 0 Å². The van der Waals surface area contributed by atoms with Crippen LogP contribution in [-0.2, 0) is 10.8 Å². The van der Waals surface area contributed by atoms with Gasteiger partial charge in [-0.25, -0.2) is 0 Å². The third-order valence-electron chi connectivity index (χ3n) is 4.55. The average molecular weight is 305 g/mol. The van der Waals surface area contributed by atoms with Gasteiger partial charge in [-0.3, -0.25) is 0 Å². The van der Waals surface area contributed by atoms with Gasteiger partial charge in [-0.15, -0.1) is 0 Å². The fourth-order valence-electron chi connectivity index (χ4n) is 2.89. The van der Waals surface area contributed by atoms with Crippen LogP contribution in [0.15, 0.2) is 48.7 Å². The number of hydrogen-bond donors (Lipinski definition) is 1. The molecule has 1 heterocycles. The van der Waals surface area contributed by atoms with Gasteiger partial charge in [0.25, 0.3) is 0 Å². The van der Waals surface area contributed by atoms with E-state index in [0.717, 1.165) is 0 Å². The number of fused-ring (bicyclic) bond motifs is 1. The molecule has 0 fully saturated rings. The highest BCUT2D eigenvalue weighted by Crippen LogP contribution is 2.34. The maximum Gasteiger partial charge on any atom is 0.0460 e. The van der Waals surface area contributed by atoms with Crippen molar-refractivity contribution >= 4 is 10.9 Å². The molecule has 0 spiro atoms. The first kappa shape index (κ1) is 15.9. The lowest BCUT2D eigenvalue weighted by Crippen LogP contribution is -2.16. The van der Waals surface area contributed by atoms with E-state index >= 15 is 0 Å². The largest absolute Gasteiger partial charge is 0.361 e. The molecule has 0 aliphatic heterocycles. The van der Waals surface area contributed by atoms with E-state index in [1.54, 1.807) is 0 Å².